The molecule has 3 heterocycles. The Hall–Kier alpha value is -9.48. The summed E-state index contributed by atoms with van der Waals surface area (Å²) in [7, 11) is 0. The number of nitrogens with zero attached hydrogens (tertiary/aromatic N) is 4. The van der Waals surface area contributed by atoms with Crippen molar-refractivity contribution < 1.29 is 20.4 Å². The van der Waals surface area contributed by atoms with Crippen LogP contribution in [0.5, 0.6) is 23.0 Å². The van der Waals surface area contributed by atoms with Gasteiger partial charge in [-0.3, -0.25) is 20.0 Å². The second kappa shape index (κ2) is 18.3. The van der Waals surface area contributed by atoms with Crippen LogP contribution in [-0.4, -0.2) is 45.3 Å². The van der Waals surface area contributed by atoms with Gasteiger partial charge < -0.3 is 20.4 Å². The van der Waals surface area contributed by atoms with Gasteiger partial charge >= 0.3 is 0 Å². The van der Waals surface area contributed by atoms with Gasteiger partial charge in [0.15, 0.2) is 0 Å². The molecule has 0 saturated heterocycles. The van der Waals surface area contributed by atoms with Crippen molar-refractivity contribution in [2.45, 2.75) is 0 Å². The lowest BCUT2D eigenvalue weighted by Gasteiger charge is -2.18. The topological polar surface area (TPSA) is 130 Å². The zero-order chi connectivity index (χ0) is 49.9. The summed E-state index contributed by atoms with van der Waals surface area (Å²) in [4.78, 5) is 22.3. The number of benzene rings is 10. The highest BCUT2D eigenvalue weighted by Gasteiger charge is 2.24. The first kappa shape index (κ1) is 44.5. The molecular weight excluding hydrogens is 953 g/mol. The molecular formula is C64H40N4O4S2. The maximum Gasteiger partial charge on any atom is 0.132 e. The highest BCUT2D eigenvalue weighted by atomic mass is 32.1. The van der Waals surface area contributed by atoms with Gasteiger partial charge in [0.05, 0.1) is 22.7 Å². The lowest BCUT2D eigenvalue weighted by molar-refractivity contribution is 0.469. The highest BCUT2D eigenvalue weighted by molar-refractivity contribution is 7.13. The van der Waals surface area contributed by atoms with E-state index in [1.807, 2.05) is 193 Å². The summed E-state index contributed by atoms with van der Waals surface area (Å²) >= 11 is 3.22. The Kier molecular flexibility index (Phi) is 11.0. The van der Waals surface area contributed by atoms with Gasteiger partial charge in [0.25, 0.3) is 0 Å². The van der Waals surface area contributed by atoms with E-state index in [4.69, 9.17) is 20.0 Å². The quantitative estimate of drug-likeness (QED) is 0.137. The molecule has 0 spiro atoms. The van der Waals surface area contributed by atoms with Crippen molar-refractivity contribution in [1.82, 2.24) is 0 Å². The van der Waals surface area contributed by atoms with Crippen LogP contribution in [0.3, 0.4) is 0 Å². The van der Waals surface area contributed by atoms with Crippen molar-refractivity contribution in [1.29, 1.82) is 0 Å². The minimum Gasteiger partial charge on any atom is -0.507 e. The SMILES string of the molecule is Oc1c2cc3ccccc3c1-c1c(O)c(cc3ccccc13)C=Nc1ccc(-c3cccs3)cc1N=Cc1cc3ccccc3c(c1O)-c1c(O)c(cc3ccccc13)C=Nc1cc(-c3cccs3)ccc1N=C2. The molecule has 74 heavy (non-hydrogen) atoms. The summed E-state index contributed by atoms with van der Waals surface area (Å²) in [5.74, 6) is -0.261. The molecule has 0 saturated carbocycles. The van der Waals surface area contributed by atoms with Gasteiger partial charge in [0, 0.05) is 79.1 Å². The van der Waals surface area contributed by atoms with E-state index in [-0.39, 0.29) is 23.0 Å². The number of aromatic hydroxyl groups is 4. The zero-order valence-corrected chi connectivity index (χ0v) is 40.8. The van der Waals surface area contributed by atoms with E-state index in [2.05, 4.69) is 0 Å². The van der Waals surface area contributed by atoms with Crippen LogP contribution in [0.25, 0.3) is 86.2 Å². The first-order chi connectivity index (χ1) is 36.3. The predicted octanol–water partition coefficient (Wildman–Crippen LogP) is 17.2. The van der Waals surface area contributed by atoms with E-state index in [1.165, 1.54) is 0 Å². The average Bonchev–Trinajstić information content (AvgIpc) is 4.19. The van der Waals surface area contributed by atoms with Crippen LogP contribution in [0, 0.1) is 0 Å². The van der Waals surface area contributed by atoms with Gasteiger partial charge in [0.2, 0.25) is 0 Å². The molecule has 8 nitrogen and oxygen atoms in total. The van der Waals surface area contributed by atoms with E-state index >= 15 is 0 Å². The van der Waals surface area contributed by atoms with Crippen molar-refractivity contribution in [3.05, 3.63) is 215 Å². The molecule has 2 aromatic heterocycles. The molecule has 4 N–H and O–H groups in total. The van der Waals surface area contributed by atoms with Gasteiger partial charge in [0.1, 0.15) is 23.0 Å². The van der Waals surface area contributed by atoms with Crippen molar-refractivity contribution in [2.75, 3.05) is 0 Å². The number of phenolic OH excluding ortho intramolecular Hbond substituents is 4. The Balaban J connectivity index is 1.11. The van der Waals surface area contributed by atoms with Crippen LogP contribution < -0.4 is 0 Å². The number of aliphatic imine (C=N–C) groups is 4. The van der Waals surface area contributed by atoms with Crippen LogP contribution in [0.4, 0.5) is 22.7 Å². The minimum atomic E-state index is -0.0659. The molecule has 8 bridgehead atoms. The Labute approximate surface area is 432 Å². The van der Waals surface area contributed by atoms with E-state index in [9.17, 15) is 20.4 Å². The molecule has 1 aliphatic rings. The van der Waals surface area contributed by atoms with Crippen molar-refractivity contribution in [2.24, 2.45) is 20.0 Å². The predicted molar refractivity (Wildman–Crippen MR) is 309 cm³/mol. The van der Waals surface area contributed by atoms with Gasteiger partial charge in [-0.05, 0) is 126 Å². The van der Waals surface area contributed by atoms with Gasteiger partial charge in [-0.1, -0.05) is 121 Å². The number of thiophene rings is 2. The van der Waals surface area contributed by atoms with Crippen LogP contribution in [0.15, 0.2) is 213 Å². The molecule has 10 aromatic carbocycles. The number of hydrogen-bond donors (Lipinski definition) is 4. The third-order valence-corrected chi connectivity index (χ3v) is 15.5. The summed E-state index contributed by atoms with van der Waals surface area (Å²) in [5, 5.41) is 60.7. The maximum absolute atomic E-state index is 12.6. The molecule has 352 valence electrons. The number of phenols is 4. The smallest absolute Gasteiger partial charge is 0.132 e. The Morgan fingerprint density at radius 1 is 0.284 bits per heavy atom. The third kappa shape index (κ3) is 7.77. The van der Waals surface area contributed by atoms with Crippen LogP contribution in [0.1, 0.15) is 22.3 Å². The molecule has 0 amide bonds. The minimum absolute atomic E-state index is 0.0647. The standard InChI is InChI=1S/C64H40N4O4S2/c69-61-43-27-37-11-1-5-15-47(37)57(61)58-48-16-6-2-12-38(48)28-44(62(58)70)34-66-52-24-22-42(56-20-10-26-74-56)32-54(52)68-36-46-30-40-14-4-8-18-50(40)60(64(46)72)59-49-17-7-3-13-39(49)29-45(63(59)71)35-67-53-31-41(55-19-9-25-73-55)21-23-51(53)65-33-43/h1-36,69-72H. The van der Waals surface area contributed by atoms with Crippen LogP contribution in [0.2, 0.25) is 0 Å². The summed E-state index contributed by atoms with van der Waals surface area (Å²) < 4.78 is 0. The fourth-order valence-corrected chi connectivity index (χ4v) is 11.5. The molecule has 12 aromatic rings. The highest BCUT2D eigenvalue weighted by Crippen LogP contribution is 2.50. The maximum atomic E-state index is 12.6. The second-order valence-electron chi connectivity index (χ2n) is 18.0. The normalized spacial score (nSPS) is 12.3. The van der Waals surface area contributed by atoms with Crippen LogP contribution >= 0.6 is 22.7 Å². The van der Waals surface area contributed by atoms with Gasteiger partial charge in [-0.15, -0.1) is 22.7 Å². The molecule has 0 aliphatic carbocycles. The number of hydrogen-bond acceptors (Lipinski definition) is 10. The number of fused-ring (bicyclic) bond motifs is 20. The summed E-state index contributed by atoms with van der Waals surface area (Å²) in [5.41, 5.74) is 7.37. The summed E-state index contributed by atoms with van der Waals surface area (Å²) in [6.07, 6.45) is 6.52. The molecule has 0 radical (unpaired) electrons. The van der Waals surface area contributed by atoms with Crippen molar-refractivity contribution >= 4 is 113 Å². The lowest BCUT2D eigenvalue weighted by atomic mass is 9.89. The first-order valence-corrected chi connectivity index (χ1v) is 25.6. The van der Waals surface area contributed by atoms with Crippen LogP contribution in [-0.2, 0) is 0 Å². The van der Waals surface area contributed by atoms with E-state index in [0.717, 1.165) is 64.0 Å². The Morgan fingerprint density at radius 2 is 0.581 bits per heavy atom. The summed E-state index contributed by atoms with van der Waals surface area (Å²) in [6.45, 7) is 0. The fourth-order valence-electron chi connectivity index (χ4n) is 10.1. The Morgan fingerprint density at radius 3 is 0.878 bits per heavy atom. The molecule has 13 rings (SSSR count). The molecule has 0 unspecified atom stereocenters. The zero-order valence-electron chi connectivity index (χ0n) is 39.2. The first-order valence-electron chi connectivity index (χ1n) is 23.9. The molecule has 0 atom stereocenters. The van der Waals surface area contributed by atoms with Crippen molar-refractivity contribution in [3.8, 4) is 66.1 Å². The van der Waals surface area contributed by atoms with Crippen molar-refractivity contribution in [3.63, 3.8) is 0 Å². The third-order valence-electron chi connectivity index (χ3n) is 13.6. The second-order valence-corrected chi connectivity index (χ2v) is 19.9. The molecule has 0 fully saturated rings. The van der Waals surface area contributed by atoms with E-state index < -0.39 is 0 Å². The monoisotopic (exact) mass is 992 g/mol. The van der Waals surface area contributed by atoms with E-state index in [0.29, 0.717) is 67.3 Å². The lowest BCUT2D eigenvalue weighted by Crippen LogP contribution is -1.95. The van der Waals surface area contributed by atoms with Gasteiger partial charge in [-0.25, -0.2) is 0 Å². The number of rotatable bonds is 2. The summed E-state index contributed by atoms with van der Waals surface area (Å²) in [6, 6.07) is 58.5. The molecule has 10 heteroatoms. The molecule has 1 aliphatic heterocycles. The average molecular weight is 993 g/mol. The largest absolute Gasteiger partial charge is 0.507 e. The van der Waals surface area contributed by atoms with Gasteiger partial charge in [-0.2, -0.15) is 0 Å². The Bertz CT molecular complexity index is 4090. The fraction of sp³-hybridized carbons (Fsp3) is 0. The van der Waals surface area contributed by atoms with E-state index in [1.54, 1.807) is 47.5 Å².